The second-order valence-corrected chi connectivity index (χ2v) is 8.95. The first-order valence-corrected chi connectivity index (χ1v) is 7.72. The number of hydrogen-bond acceptors (Lipinski definition) is 2. The minimum atomic E-state index is 0.207. The molecule has 0 amide bonds. The Morgan fingerprint density at radius 2 is 1.00 bits per heavy atom. The van der Waals surface area contributed by atoms with Crippen molar-refractivity contribution in [3.05, 3.63) is 0 Å². The zero-order chi connectivity index (χ0) is 15.6. The van der Waals surface area contributed by atoms with Crippen LogP contribution in [0.25, 0.3) is 0 Å². The summed E-state index contributed by atoms with van der Waals surface area (Å²) in [7, 11) is 0. The monoisotopic (exact) mass is 270 g/mol. The van der Waals surface area contributed by atoms with E-state index in [0.29, 0.717) is 6.04 Å². The van der Waals surface area contributed by atoms with Gasteiger partial charge in [-0.25, -0.2) is 0 Å². The van der Waals surface area contributed by atoms with Gasteiger partial charge in [0.2, 0.25) is 0 Å². The zero-order valence-corrected chi connectivity index (χ0v) is 15.4. The lowest BCUT2D eigenvalue weighted by molar-refractivity contribution is 0.00805. The standard InChI is InChI=1S/C17H38N2/c1-14(2)18(15(3,4)5)12-13-19(16(6,7)8)17(9,10)11/h14H,12-13H2,1-11H3. The van der Waals surface area contributed by atoms with Gasteiger partial charge in [-0.15, -0.1) is 0 Å². The summed E-state index contributed by atoms with van der Waals surface area (Å²) in [5.74, 6) is 0. The predicted octanol–water partition coefficient (Wildman–Crippen LogP) is 4.39. The van der Waals surface area contributed by atoms with Crippen LogP contribution < -0.4 is 0 Å². The van der Waals surface area contributed by atoms with E-state index in [1.807, 2.05) is 0 Å². The lowest BCUT2D eigenvalue weighted by Gasteiger charge is -2.48. The van der Waals surface area contributed by atoms with Crippen LogP contribution in [0, 0.1) is 0 Å². The molecule has 0 aliphatic carbocycles. The van der Waals surface area contributed by atoms with Crippen molar-refractivity contribution >= 4 is 0 Å². The van der Waals surface area contributed by atoms with Crippen molar-refractivity contribution in [2.45, 2.75) is 98.8 Å². The van der Waals surface area contributed by atoms with E-state index in [-0.39, 0.29) is 16.6 Å². The third kappa shape index (κ3) is 6.27. The maximum absolute atomic E-state index is 2.61. The Bertz CT molecular complexity index is 246. The summed E-state index contributed by atoms with van der Waals surface area (Å²) in [6.45, 7) is 27.6. The van der Waals surface area contributed by atoms with Crippen LogP contribution >= 0.6 is 0 Å². The summed E-state index contributed by atoms with van der Waals surface area (Å²) in [5, 5.41) is 0. The molecule has 0 heterocycles. The first-order chi connectivity index (χ1) is 8.17. The van der Waals surface area contributed by atoms with Crippen molar-refractivity contribution in [3.8, 4) is 0 Å². The van der Waals surface area contributed by atoms with E-state index in [4.69, 9.17) is 0 Å². The van der Waals surface area contributed by atoms with Gasteiger partial charge in [0.1, 0.15) is 0 Å². The molecule has 0 N–H and O–H groups in total. The molecule has 0 spiro atoms. The quantitative estimate of drug-likeness (QED) is 0.747. The Morgan fingerprint density at radius 1 is 0.632 bits per heavy atom. The molecular weight excluding hydrogens is 232 g/mol. The van der Waals surface area contributed by atoms with Gasteiger partial charge in [-0.1, -0.05) is 0 Å². The smallest absolute Gasteiger partial charge is 0.0130 e. The average molecular weight is 271 g/mol. The van der Waals surface area contributed by atoms with Crippen molar-refractivity contribution in [2.24, 2.45) is 0 Å². The van der Waals surface area contributed by atoms with Gasteiger partial charge in [-0.2, -0.15) is 0 Å². The highest BCUT2D eigenvalue weighted by Gasteiger charge is 2.33. The fourth-order valence-corrected chi connectivity index (χ4v) is 3.25. The molecular formula is C17H38N2. The Kier molecular flexibility index (Phi) is 6.11. The van der Waals surface area contributed by atoms with E-state index in [2.05, 4.69) is 86.0 Å². The second kappa shape index (κ2) is 6.13. The number of hydrogen-bond donors (Lipinski definition) is 0. The second-order valence-electron chi connectivity index (χ2n) is 8.95. The maximum Gasteiger partial charge on any atom is 0.0130 e. The minimum absolute atomic E-state index is 0.207. The third-order valence-corrected chi connectivity index (χ3v) is 3.67. The van der Waals surface area contributed by atoms with Crippen molar-refractivity contribution in [1.29, 1.82) is 0 Å². The average Bonchev–Trinajstić information content (AvgIpc) is 2.04. The highest BCUT2D eigenvalue weighted by Crippen LogP contribution is 2.25. The molecule has 0 aromatic rings. The Labute approximate surface area is 122 Å². The minimum Gasteiger partial charge on any atom is -0.295 e. The Balaban J connectivity index is 4.90. The molecule has 0 aromatic heterocycles. The predicted molar refractivity (Wildman–Crippen MR) is 87.8 cm³/mol. The summed E-state index contributed by atoms with van der Waals surface area (Å²) in [4.78, 5) is 5.21. The highest BCUT2D eigenvalue weighted by atomic mass is 15.3. The maximum atomic E-state index is 2.61. The molecule has 0 unspecified atom stereocenters. The van der Waals surface area contributed by atoms with Crippen molar-refractivity contribution in [2.75, 3.05) is 13.1 Å². The molecule has 0 radical (unpaired) electrons. The lowest BCUT2D eigenvalue weighted by atomic mass is 9.95. The Hall–Kier alpha value is -0.0800. The molecule has 19 heavy (non-hydrogen) atoms. The summed E-state index contributed by atoms with van der Waals surface area (Å²) in [5.41, 5.74) is 0.646. The molecule has 2 heteroatoms. The zero-order valence-electron chi connectivity index (χ0n) is 15.4. The summed E-state index contributed by atoms with van der Waals surface area (Å²) < 4.78 is 0. The van der Waals surface area contributed by atoms with Gasteiger partial charge in [0.05, 0.1) is 0 Å². The number of rotatable bonds is 4. The van der Waals surface area contributed by atoms with E-state index in [0.717, 1.165) is 13.1 Å². The molecule has 116 valence electrons. The molecule has 2 nitrogen and oxygen atoms in total. The van der Waals surface area contributed by atoms with Crippen molar-refractivity contribution in [3.63, 3.8) is 0 Å². The van der Waals surface area contributed by atoms with Crippen LogP contribution in [-0.4, -0.2) is 45.5 Å². The van der Waals surface area contributed by atoms with Crippen LogP contribution in [0.5, 0.6) is 0 Å². The molecule has 0 atom stereocenters. The summed E-state index contributed by atoms with van der Waals surface area (Å²) in [6.07, 6.45) is 0. The first kappa shape index (κ1) is 18.9. The van der Waals surface area contributed by atoms with Gasteiger partial charge in [0.15, 0.2) is 0 Å². The van der Waals surface area contributed by atoms with Crippen LogP contribution in [0.1, 0.15) is 76.2 Å². The normalized spacial score (nSPS) is 14.8. The van der Waals surface area contributed by atoms with Gasteiger partial charge < -0.3 is 0 Å². The van der Waals surface area contributed by atoms with Gasteiger partial charge in [0.25, 0.3) is 0 Å². The molecule has 0 saturated heterocycles. The molecule has 0 rings (SSSR count). The molecule has 0 aromatic carbocycles. The van der Waals surface area contributed by atoms with Gasteiger partial charge in [-0.05, 0) is 76.2 Å². The van der Waals surface area contributed by atoms with Crippen molar-refractivity contribution < 1.29 is 0 Å². The van der Waals surface area contributed by atoms with Crippen LogP contribution in [0.3, 0.4) is 0 Å². The SMILES string of the molecule is CC(C)N(CCN(C(C)(C)C)C(C)(C)C)C(C)(C)C. The van der Waals surface area contributed by atoms with Crippen LogP contribution in [0.4, 0.5) is 0 Å². The molecule has 0 aliphatic heterocycles. The van der Waals surface area contributed by atoms with E-state index in [9.17, 15) is 0 Å². The summed E-state index contributed by atoms with van der Waals surface area (Å²) in [6, 6.07) is 0.585. The molecule has 0 bridgehead atoms. The summed E-state index contributed by atoms with van der Waals surface area (Å²) >= 11 is 0. The first-order valence-electron chi connectivity index (χ1n) is 7.72. The van der Waals surface area contributed by atoms with Gasteiger partial charge >= 0.3 is 0 Å². The van der Waals surface area contributed by atoms with E-state index < -0.39 is 0 Å². The fourth-order valence-electron chi connectivity index (χ4n) is 3.25. The molecule has 0 fully saturated rings. The third-order valence-electron chi connectivity index (χ3n) is 3.67. The highest BCUT2D eigenvalue weighted by molar-refractivity contribution is 4.89. The van der Waals surface area contributed by atoms with Crippen LogP contribution in [-0.2, 0) is 0 Å². The largest absolute Gasteiger partial charge is 0.295 e. The van der Waals surface area contributed by atoms with Gasteiger partial charge in [-0.3, -0.25) is 9.80 Å². The fraction of sp³-hybridized carbons (Fsp3) is 1.00. The van der Waals surface area contributed by atoms with Gasteiger partial charge in [0, 0.05) is 35.7 Å². The topological polar surface area (TPSA) is 6.48 Å². The van der Waals surface area contributed by atoms with Crippen LogP contribution in [0.2, 0.25) is 0 Å². The van der Waals surface area contributed by atoms with E-state index in [1.165, 1.54) is 0 Å². The lowest BCUT2D eigenvalue weighted by Crippen LogP contribution is -2.57. The Morgan fingerprint density at radius 3 is 1.21 bits per heavy atom. The molecule has 0 saturated carbocycles. The van der Waals surface area contributed by atoms with E-state index in [1.54, 1.807) is 0 Å². The number of nitrogens with zero attached hydrogens (tertiary/aromatic N) is 2. The van der Waals surface area contributed by atoms with Crippen LogP contribution in [0.15, 0.2) is 0 Å². The van der Waals surface area contributed by atoms with E-state index >= 15 is 0 Å². The van der Waals surface area contributed by atoms with Crippen molar-refractivity contribution in [1.82, 2.24) is 9.80 Å². The molecule has 0 aliphatic rings.